The Kier molecular flexibility index (Phi) is 5.58. The highest BCUT2D eigenvalue weighted by Gasteiger charge is 2.31. The Hall–Kier alpha value is -0.680. The van der Waals surface area contributed by atoms with Crippen molar-refractivity contribution in [3.05, 3.63) is 10.6 Å². The summed E-state index contributed by atoms with van der Waals surface area (Å²) >= 11 is 6.98. The lowest BCUT2D eigenvalue weighted by Crippen LogP contribution is -2.35. The van der Waals surface area contributed by atoms with Crippen LogP contribution in [-0.2, 0) is 6.42 Å². The quantitative estimate of drug-likeness (QED) is 0.758. The molecule has 19 heavy (non-hydrogen) atoms. The molecule has 0 aliphatic carbocycles. The van der Waals surface area contributed by atoms with E-state index >= 15 is 0 Å². The summed E-state index contributed by atoms with van der Waals surface area (Å²) in [4.78, 5) is 15.3. The molecule has 0 saturated carbocycles. The molecule has 6 heteroatoms. The van der Waals surface area contributed by atoms with E-state index in [1.54, 1.807) is 0 Å². The Morgan fingerprint density at radius 1 is 1.58 bits per heavy atom. The molecule has 1 unspecified atom stereocenters. The molecule has 4 nitrogen and oxygen atoms in total. The van der Waals surface area contributed by atoms with Crippen molar-refractivity contribution in [2.24, 2.45) is 0 Å². The lowest BCUT2D eigenvalue weighted by molar-refractivity contribution is 0.0733. The van der Waals surface area contributed by atoms with E-state index in [0.29, 0.717) is 11.9 Å². The lowest BCUT2D eigenvalue weighted by Gasteiger charge is -2.24. The molecule has 0 bridgehead atoms. The van der Waals surface area contributed by atoms with Crippen LogP contribution in [0.5, 0.6) is 0 Å². The van der Waals surface area contributed by atoms with Crippen LogP contribution in [0.3, 0.4) is 0 Å². The number of carbonyl (C=O) groups is 1. The predicted octanol–water partition coefficient (Wildman–Crippen LogP) is 3.11. The monoisotopic (exact) mass is 301 g/mol. The molecular formula is C13H20ClN3OS. The molecular weight excluding hydrogens is 282 g/mol. The van der Waals surface area contributed by atoms with Crippen molar-refractivity contribution in [1.29, 1.82) is 0 Å². The summed E-state index contributed by atoms with van der Waals surface area (Å²) in [5, 5.41) is 4.09. The van der Waals surface area contributed by atoms with Gasteiger partial charge < -0.3 is 4.90 Å². The van der Waals surface area contributed by atoms with E-state index in [0.717, 1.165) is 55.6 Å². The molecule has 1 aromatic heterocycles. The zero-order valence-electron chi connectivity index (χ0n) is 11.3. The van der Waals surface area contributed by atoms with Gasteiger partial charge in [0.15, 0.2) is 0 Å². The standard InChI is InChI=1S/C13H20ClN3OS/c1-2-5-11-12(19-16-15-11)13(18)17-9-4-7-10(17)6-3-8-14/h10H,2-9H2,1H3. The maximum atomic E-state index is 12.6. The number of amides is 1. The first kappa shape index (κ1) is 14.7. The van der Waals surface area contributed by atoms with Crippen molar-refractivity contribution in [3.8, 4) is 0 Å². The van der Waals surface area contributed by atoms with Crippen LogP contribution in [0.15, 0.2) is 0 Å². The normalized spacial score (nSPS) is 19.1. The summed E-state index contributed by atoms with van der Waals surface area (Å²) in [6.07, 6.45) is 5.98. The first-order valence-electron chi connectivity index (χ1n) is 6.96. The van der Waals surface area contributed by atoms with Gasteiger partial charge >= 0.3 is 0 Å². The number of hydrogen-bond acceptors (Lipinski definition) is 4. The molecule has 1 aliphatic rings. The van der Waals surface area contributed by atoms with E-state index in [1.807, 2.05) is 4.90 Å². The van der Waals surface area contributed by atoms with E-state index < -0.39 is 0 Å². The fourth-order valence-corrected chi connectivity index (χ4v) is 3.44. The van der Waals surface area contributed by atoms with Gasteiger partial charge in [-0.25, -0.2) is 0 Å². The Balaban J connectivity index is 2.07. The number of aromatic nitrogens is 2. The first-order chi connectivity index (χ1) is 9.27. The van der Waals surface area contributed by atoms with Crippen LogP contribution in [0.2, 0.25) is 0 Å². The fourth-order valence-electron chi connectivity index (χ4n) is 2.62. The predicted molar refractivity (Wildman–Crippen MR) is 77.9 cm³/mol. The molecule has 0 radical (unpaired) electrons. The summed E-state index contributed by atoms with van der Waals surface area (Å²) in [5.74, 6) is 0.789. The van der Waals surface area contributed by atoms with E-state index in [4.69, 9.17) is 11.6 Å². The van der Waals surface area contributed by atoms with Crippen LogP contribution in [0.25, 0.3) is 0 Å². The Morgan fingerprint density at radius 3 is 3.16 bits per heavy atom. The van der Waals surface area contributed by atoms with Crippen molar-refractivity contribution in [3.63, 3.8) is 0 Å². The molecule has 1 saturated heterocycles. The maximum Gasteiger partial charge on any atom is 0.267 e. The average molecular weight is 302 g/mol. The van der Waals surface area contributed by atoms with Gasteiger partial charge in [0.2, 0.25) is 0 Å². The van der Waals surface area contributed by atoms with Crippen molar-refractivity contribution < 1.29 is 4.79 Å². The van der Waals surface area contributed by atoms with Gasteiger partial charge in [-0.1, -0.05) is 17.8 Å². The van der Waals surface area contributed by atoms with Crippen molar-refractivity contribution in [1.82, 2.24) is 14.5 Å². The Labute approximate surface area is 123 Å². The van der Waals surface area contributed by atoms with Gasteiger partial charge in [-0.05, 0) is 43.6 Å². The average Bonchev–Trinajstić information content (AvgIpc) is 3.04. The number of carbonyl (C=O) groups excluding carboxylic acids is 1. The number of hydrogen-bond donors (Lipinski definition) is 0. The fraction of sp³-hybridized carbons (Fsp3) is 0.769. The number of alkyl halides is 1. The van der Waals surface area contributed by atoms with Crippen LogP contribution >= 0.6 is 23.1 Å². The van der Waals surface area contributed by atoms with Gasteiger partial charge in [-0.15, -0.1) is 16.7 Å². The Bertz CT molecular complexity index is 424. The summed E-state index contributed by atoms with van der Waals surface area (Å²) in [6, 6.07) is 0.350. The number of nitrogens with zero attached hydrogens (tertiary/aromatic N) is 3. The zero-order chi connectivity index (χ0) is 13.7. The molecule has 1 aliphatic heterocycles. The van der Waals surface area contributed by atoms with Crippen LogP contribution in [0.1, 0.15) is 54.4 Å². The summed E-state index contributed by atoms with van der Waals surface area (Å²) < 4.78 is 3.94. The molecule has 2 rings (SSSR count). The lowest BCUT2D eigenvalue weighted by atomic mass is 10.1. The number of rotatable bonds is 6. The molecule has 106 valence electrons. The zero-order valence-corrected chi connectivity index (χ0v) is 12.8. The summed E-state index contributed by atoms with van der Waals surface area (Å²) in [6.45, 7) is 2.95. The smallest absolute Gasteiger partial charge is 0.267 e. The number of likely N-dealkylation sites (tertiary alicyclic amines) is 1. The van der Waals surface area contributed by atoms with E-state index in [-0.39, 0.29) is 5.91 Å². The van der Waals surface area contributed by atoms with Crippen LogP contribution in [-0.4, -0.2) is 38.9 Å². The van der Waals surface area contributed by atoms with Gasteiger partial charge in [0.25, 0.3) is 5.91 Å². The van der Waals surface area contributed by atoms with Gasteiger partial charge in [-0.3, -0.25) is 4.79 Å². The minimum Gasteiger partial charge on any atom is -0.335 e. The van der Waals surface area contributed by atoms with Crippen molar-refractivity contribution in [2.75, 3.05) is 12.4 Å². The third kappa shape index (κ3) is 3.45. The molecule has 2 heterocycles. The van der Waals surface area contributed by atoms with Crippen LogP contribution in [0, 0.1) is 0 Å². The molecule has 1 fully saturated rings. The highest BCUT2D eigenvalue weighted by Crippen LogP contribution is 2.25. The van der Waals surface area contributed by atoms with Crippen LogP contribution < -0.4 is 0 Å². The molecule has 1 amide bonds. The van der Waals surface area contributed by atoms with Gasteiger partial charge in [-0.2, -0.15) is 0 Å². The molecule has 0 spiro atoms. The third-order valence-corrected chi connectivity index (χ3v) is 4.57. The summed E-state index contributed by atoms with van der Waals surface area (Å²) in [5.41, 5.74) is 0.862. The Morgan fingerprint density at radius 2 is 2.42 bits per heavy atom. The van der Waals surface area contributed by atoms with Gasteiger partial charge in [0, 0.05) is 18.5 Å². The van der Waals surface area contributed by atoms with Gasteiger partial charge in [0.05, 0.1) is 5.69 Å². The second kappa shape index (κ2) is 7.20. The minimum absolute atomic E-state index is 0.121. The SMILES string of the molecule is CCCc1nnsc1C(=O)N1CCCC1CCCCl. The molecule has 0 aromatic carbocycles. The first-order valence-corrected chi connectivity index (χ1v) is 8.26. The largest absolute Gasteiger partial charge is 0.335 e. The topological polar surface area (TPSA) is 46.1 Å². The molecule has 1 aromatic rings. The molecule has 0 N–H and O–H groups in total. The molecule has 1 atom stereocenters. The van der Waals surface area contributed by atoms with E-state index in [1.165, 1.54) is 11.5 Å². The second-order valence-electron chi connectivity index (χ2n) is 4.92. The van der Waals surface area contributed by atoms with E-state index in [2.05, 4.69) is 16.5 Å². The highest BCUT2D eigenvalue weighted by molar-refractivity contribution is 7.08. The maximum absolute atomic E-state index is 12.6. The highest BCUT2D eigenvalue weighted by atomic mass is 35.5. The second-order valence-corrected chi connectivity index (χ2v) is 6.06. The third-order valence-electron chi connectivity index (χ3n) is 3.55. The van der Waals surface area contributed by atoms with E-state index in [9.17, 15) is 4.79 Å². The van der Waals surface area contributed by atoms with Gasteiger partial charge in [0.1, 0.15) is 4.88 Å². The summed E-state index contributed by atoms with van der Waals surface area (Å²) in [7, 11) is 0. The van der Waals surface area contributed by atoms with Crippen LogP contribution in [0.4, 0.5) is 0 Å². The van der Waals surface area contributed by atoms with Crippen molar-refractivity contribution >= 4 is 29.0 Å². The van der Waals surface area contributed by atoms with Crippen molar-refractivity contribution in [2.45, 2.75) is 51.5 Å². The minimum atomic E-state index is 0.121. The number of aryl methyl sites for hydroxylation is 1. The number of halogens is 1.